The van der Waals surface area contributed by atoms with Gasteiger partial charge < -0.3 is 10.1 Å². The number of alkyl carbamates (subject to hydrolysis) is 1. The summed E-state index contributed by atoms with van der Waals surface area (Å²) in [5.74, 6) is 0.608. The van der Waals surface area contributed by atoms with Crippen molar-refractivity contribution in [3.8, 4) is 11.1 Å². The van der Waals surface area contributed by atoms with E-state index in [-0.39, 0.29) is 29.5 Å². The van der Waals surface area contributed by atoms with Crippen LogP contribution in [0.25, 0.3) is 11.1 Å². The third-order valence-corrected chi connectivity index (χ3v) is 8.34. The molecule has 2 atom stereocenters. The summed E-state index contributed by atoms with van der Waals surface area (Å²) in [5.41, 5.74) is 4.54. The van der Waals surface area contributed by atoms with Gasteiger partial charge in [-0.2, -0.15) is 0 Å². The van der Waals surface area contributed by atoms with Crippen molar-refractivity contribution in [3.05, 3.63) is 58.9 Å². The van der Waals surface area contributed by atoms with Gasteiger partial charge in [0.25, 0.3) is 0 Å². The SMILES string of the molecule is CC(C)c1cccc(-c2cc3c(cc2F)[C@H](NC(=O)O[C@H]2CN4CCC2CC4)C(C)(C)CC3)c1. The van der Waals surface area contributed by atoms with Gasteiger partial charge in [-0.3, -0.25) is 4.90 Å². The number of halogens is 1. The molecule has 2 bridgehead atoms. The van der Waals surface area contributed by atoms with Gasteiger partial charge in [-0.05, 0) is 90.4 Å². The van der Waals surface area contributed by atoms with E-state index in [0.29, 0.717) is 17.4 Å². The first-order valence-electron chi connectivity index (χ1n) is 12.8. The van der Waals surface area contributed by atoms with Gasteiger partial charge in [0.15, 0.2) is 0 Å². The molecule has 0 spiro atoms. The summed E-state index contributed by atoms with van der Waals surface area (Å²) in [4.78, 5) is 15.4. The second kappa shape index (κ2) is 8.99. The fourth-order valence-corrected chi connectivity index (χ4v) is 6.03. The Balaban J connectivity index is 1.40. The van der Waals surface area contributed by atoms with Crippen LogP contribution in [0.3, 0.4) is 0 Å². The molecule has 0 unspecified atom stereocenters. The first-order valence-corrected chi connectivity index (χ1v) is 12.8. The van der Waals surface area contributed by atoms with Crippen LogP contribution < -0.4 is 5.32 Å². The Morgan fingerprint density at radius 3 is 2.62 bits per heavy atom. The minimum atomic E-state index is -0.376. The summed E-state index contributed by atoms with van der Waals surface area (Å²) in [6.07, 6.45) is 3.57. The van der Waals surface area contributed by atoms with E-state index < -0.39 is 0 Å². The van der Waals surface area contributed by atoms with Crippen LogP contribution in [-0.2, 0) is 11.2 Å². The van der Waals surface area contributed by atoms with Crippen molar-refractivity contribution >= 4 is 6.09 Å². The smallest absolute Gasteiger partial charge is 0.407 e. The number of amides is 1. The quantitative estimate of drug-likeness (QED) is 0.565. The van der Waals surface area contributed by atoms with Gasteiger partial charge in [0, 0.05) is 12.1 Å². The zero-order valence-corrected chi connectivity index (χ0v) is 20.9. The highest BCUT2D eigenvalue weighted by Gasteiger charge is 2.40. The second-order valence-corrected chi connectivity index (χ2v) is 11.5. The molecule has 0 aromatic heterocycles. The monoisotopic (exact) mass is 464 g/mol. The van der Waals surface area contributed by atoms with Gasteiger partial charge in [0.2, 0.25) is 0 Å². The predicted octanol–water partition coefficient (Wildman–Crippen LogP) is 6.45. The van der Waals surface area contributed by atoms with E-state index >= 15 is 4.39 Å². The van der Waals surface area contributed by atoms with Crippen molar-refractivity contribution in [2.45, 2.75) is 71.4 Å². The highest BCUT2D eigenvalue weighted by atomic mass is 19.1. The first kappa shape index (κ1) is 23.3. The molecule has 0 saturated carbocycles. The maximum absolute atomic E-state index is 15.5. The first-order chi connectivity index (χ1) is 16.2. The molecule has 3 saturated heterocycles. The zero-order valence-electron chi connectivity index (χ0n) is 20.9. The van der Waals surface area contributed by atoms with E-state index in [0.717, 1.165) is 62.0 Å². The van der Waals surface area contributed by atoms with E-state index in [1.807, 2.05) is 18.2 Å². The average molecular weight is 465 g/mol. The Labute approximate surface area is 202 Å². The number of nitrogens with zero attached hydrogens (tertiary/aromatic N) is 1. The van der Waals surface area contributed by atoms with Gasteiger partial charge in [0.1, 0.15) is 11.9 Å². The lowest BCUT2D eigenvalue weighted by atomic mass is 9.70. The Hall–Kier alpha value is -2.40. The van der Waals surface area contributed by atoms with Crippen molar-refractivity contribution in [1.29, 1.82) is 0 Å². The van der Waals surface area contributed by atoms with Crippen molar-refractivity contribution in [3.63, 3.8) is 0 Å². The molecule has 2 aromatic rings. The molecular formula is C29H37FN2O2. The second-order valence-electron chi connectivity index (χ2n) is 11.5. The lowest BCUT2D eigenvalue weighted by molar-refractivity contribution is -0.0353. The third-order valence-electron chi connectivity index (χ3n) is 8.34. The van der Waals surface area contributed by atoms with E-state index in [9.17, 15) is 4.79 Å². The topological polar surface area (TPSA) is 41.6 Å². The maximum Gasteiger partial charge on any atom is 0.407 e. The number of hydrogen-bond donors (Lipinski definition) is 1. The Bertz CT molecular complexity index is 1070. The number of nitrogens with one attached hydrogen (secondary N) is 1. The van der Waals surface area contributed by atoms with Crippen molar-refractivity contribution in [2.24, 2.45) is 11.3 Å². The lowest BCUT2D eigenvalue weighted by Gasteiger charge is -2.44. The highest BCUT2D eigenvalue weighted by molar-refractivity contribution is 5.70. The number of fused-ring (bicyclic) bond motifs is 4. The number of hydrogen-bond acceptors (Lipinski definition) is 3. The molecule has 4 aliphatic rings. The molecule has 4 nitrogen and oxygen atoms in total. The summed E-state index contributed by atoms with van der Waals surface area (Å²) in [7, 11) is 0. The fraction of sp³-hybridized carbons (Fsp3) is 0.552. The zero-order chi connectivity index (χ0) is 24.0. The molecular weight excluding hydrogens is 427 g/mol. The van der Waals surface area contributed by atoms with Gasteiger partial charge in [-0.15, -0.1) is 0 Å². The highest BCUT2D eigenvalue weighted by Crippen LogP contribution is 2.45. The number of carbonyl (C=O) groups excluding carboxylic acids is 1. The van der Waals surface area contributed by atoms with Crippen LogP contribution in [0.15, 0.2) is 36.4 Å². The Morgan fingerprint density at radius 2 is 1.94 bits per heavy atom. The predicted molar refractivity (Wildman–Crippen MR) is 133 cm³/mol. The summed E-state index contributed by atoms with van der Waals surface area (Å²) < 4.78 is 21.4. The van der Waals surface area contributed by atoms with Crippen LogP contribution in [0.1, 0.15) is 75.6 Å². The van der Waals surface area contributed by atoms with Crippen LogP contribution in [0, 0.1) is 17.2 Å². The molecule has 1 amide bonds. The number of aryl methyl sites for hydroxylation is 1. The molecule has 3 heterocycles. The van der Waals surface area contributed by atoms with E-state index in [1.165, 1.54) is 5.56 Å². The largest absolute Gasteiger partial charge is 0.445 e. The number of carbonyl (C=O) groups is 1. The lowest BCUT2D eigenvalue weighted by Crippen LogP contribution is -2.53. The van der Waals surface area contributed by atoms with Gasteiger partial charge in [0.05, 0.1) is 6.04 Å². The minimum absolute atomic E-state index is 0.0407. The van der Waals surface area contributed by atoms with Crippen LogP contribution in [0.4, 0.5) is 9.18 Å². The van der Waals surface area contributed by atoms with E-state index in [2.05, 4.69) is 50.0 Å². The summed E-state index contributed by atoms with van der Waals surface area (Å²) >= 11 is 0. The normalized spacial score (nSPS) is 27.4. The molecule has 1 N–H and O–H groups in total. The fourth-order valence-electron chi connectivity index (χ4n) is 6.03. The molecule has 3 fully saturated rings. The standard InChI is InChI=1S/C29H37FN2O2/c1-18(2)20-6-5-7-21(14-20)23-15-22-8-11-29(3,4)27(24(22)16-25(23)30)31-28(33)34-26-17-32-12-9-19(26)10-13-32/h5-7,14-16,18-19,26-27H,8-13,17H2,1-4H3,(H,31,33)/t26-,27-/m0/s1. The molecule has 0 radical (unpaired) electrons. The van der Waals surface area contributed by atoms with Gasteiger partial charge in [-0.25, -0.2) is 9.18 Å². The maximum atomic E-state index is 15.5. The molecule has 182 valence electrons. The molecule has 3 aliphatic heterocycles. The van der Waals surface area contributed by atoms with Crippen LogP contribution in [0.5, 0.6) is 0 Å². The van der Waals surface area contributed by atoms with Crippen LogP contribution >= 0.6 is 0 Å². The molecule has 34 heavy (non-hydrogen) atoms. The molecule has 5 heteroatoms. The minimum Gasteiger partial charge on any atom is -0.445 e. The van der Waals surface area contributed by atoms with Crippen LogP contribution in [0.2, 0.25) is 0 Å². The number of rotatable bonds is 4. The number of benzene rings is 2. The Kier molecular flexibility index (Phi) is 6.18. The van der Waals surface area contributed by atoms with E-state index in [1.54, 1.807) is 6.07 Å². The summed E-state index contributed by atoms with van der Waals surface area (Å²) in [6.45, 7) is 11.6. The van der Waals surface area contributed by atoms with Crippen LogP contribution in [-0.4, -0.2) is 36.7 Å². The van der Waals surface area contributed by atoms with E-state index in [4.69, 9.17) is 4.74 Å². The molecule has 2 aromatic carbocycles. The van der Waals surface area contributed by atoms with Crippen molar-refractivity contribution in [1.82, 2.24) is 10.2 Å². The third kappa shape index (κ3) is 4.47. The summed E-state index contributed by atoms with van der Waals surface area (Å²) in [5, 5.41) is 3.14. The molecule has 1 aliphatic carbocycles. The average Bonchev–Trinajstić information content (AvgIpc) is 2.82. The number of ether oxygens (including phenoxy) is 1. The Morgan fingerprint density at radius 1 is 1.18 bits per heavy atom. The number of piperidine rings is 3. The summed E-state index contributed by atoms with van der Waals surface area (Å²) in [6, 6.07) is 11.5. The van der Waals surface area contributed by atoms with Gasteiger partial charge >= 0.3 is 6.09 Å². The van der Waals surface area contributed by atoms with Crippen molar-refractivity contribution in [2.75, 3.05) is 19.6 Å². The van der Waals surface area contributed by atoms with Crippen molar-refractivity contribution < 1.29 is 13.9 Å². The van der Waals surface area contributed by atoms with Gasteiger partial charge in [-0.1, -0.05) is 52.0 Å². The molecule has 6 rings (SSSR count).